The highest BCUT2D eigenvalue weighted by atomic mass is 16.2. The summed E-state index contributed by atoms with van der Waals surface area (Å²) >= 11 is 0. The lowest BCUT2D eigenvalue weighted by atomic mass is 10.4. The molecule has 1 aromatic heterocycles. The van der Waals surface area contributed by atoms with Gasteiger partial charge in [-0.15, -0.1) is 5.10 Å². The van der Waals surface area contributed by atoms with Gasteiger partial charge in [-0.25, -0.2) is 9.67 Å². The van der Waals surface area contributed by atoms with E-state index < -0.39 is 0 Å². The Morgan fingerprint density at radius 2 is 2.27 bits per heavy atom. The van der Waals surface area contributed by atoms with Gasteiger partial charge in [0.2, 0.25) is 5.91 Å². The molecule has 0 radical (unpaired) electrons. The van der Waals surface area contributed by atoms with Gasteiger partial charge in [0.15, 0.2) is 0 Å². The Kier molecular flexibility index (Phi) is 2.63. The molecule has 0 saturated carbocycles. The highest BCUT2D eigenvalue weighted by Crippen LogP contribution is 2.07. The lowest BCUT2D eigenvalue weighted by Gasteiger charge is -2.14. The Hall–Kier alpha value is -1.90. The van der Waals surface area contributed by atoms with Crippen LogP contribution < -0.4 is 0 Å². The Labute approximate surface area is 87.1 Å². The van der Waals surface area contributed by atoms with E-state index >= 15 is 0 Å². The summed E-state index contributed by atoms with van der Waals surface area (Å²) in [6.07, 6.45) is 3.56. The summed E-state index contributed by atoms with van der Waals surface area (Å²) in [4.78, 5) is 17.2. The first-order valence-corrected chi connectivity index (χ1v) is 4.87. The summed E-state index contributed by atoms with van der Waals surface area (Å²) in [6.45, 7) is 1.84. The van der Waals surface area contributed by atoms with E-state index in [9.17, 15) is 4.79 Å². The largest absolute Gasteiger partial charge is 0.341 e. The number of rotatable bonds is 2. The number of aromatic nitrogens is 3. The summed E-state index contributed by atoms with van der Waals surface area (Å²) in [6, 6.07) is 1.82. The third-order valence-electron chi connectivity index (χ3n) is 2.39. The molecule has 2 rings (SSSR count). The second-order valence-electron chi connectivity index (χ2n) is 3.47. The van der Waals surface area contributed by atoms with E-state index in [0.29, 0.717) is 0 Å². The lowest BCUT2D eigenvalue weighted by Crippen LogP contribution is -2.31. The average molecular weight is 205 g/mol. The Morgan fingerprint density at radius 3 is 2.87 bits per heavy atom. The molecule has 1 aliphatic rings. The van der Waals surface area contributed by atoms with Crippen molar-refractivity contribution in [1.82, 2.24) is 19.7 Å². The van der Waals surface area contributed by atoms with Gasteiger partial charge >= 0.3 is 0 Å². The van der Waals surface area contributed by atoms with Crippen molar-refractivity contribution >= 4 is 5.91 Å². The molecular weight excluding hydrogens is 194 g/mol. The van der Waals surface area contributed by atoms with Gasteiger partial charge in [0.25, 0.3) is 5.82 Å². The zero-order chi connectivity index (χ0) is 10.7. The van der Waals surface area contributed by atoms with Gasteiger partial charge in [0.05, 0.1) is 0 Å². The maximum absolute atomic E-state index is 11.7. The van der Waals surface area contributed by atoms with Crippen molar-refractivity contribution in [2.24, 2.45) is 0 Å². The van der Waals surface area contributed by atoms with E-state index in [-0.39, 0.29) is 18.3 Å². The van der Waals surface area contributed by atoms with Gasteiger partial charge in [-0.2, -0.15) is 5.26 Å². The van der Waals surface area contributed by atoms with Crippen LogP contribution in [0.2, 0.25) is 0 Å². The van der Waals surface area contributed by atoms with Crippen LogP contribution in [0.5, 0.6) is 0 Å². The minimum Gasteiger partial charge on any atom is -0.341 e. The number of hydrogen-bond acceptors (Lipinski definition) is 4. The molecule has 0 N–H and O–H groups in total. The second-order valence-corrected chi connectivity index (χ2v) is 3.47. The SMILES string of the molecule is N#Cc1ncn(CC(=O)N2CCCC2)n1. The van der Waals surface area contributed by atoms with E-state index in [1.165, 1.54) is 11.0 Å². The number of carbonyl (C=O) groups is 1. The maximum atomic E-state index is 11.7. The van der Waals surface area contributed by atoms with Crippen LogP contribution in [0, 0.1) is 11.3 Å². The van der Waals surface area contributed by atoms with Crippen LogP contribution in [0.15, 0.2) is 6.33 Å². The van der Waals surface area contributed by atoms with Crippen molar-refractivity contribution in [2.45, 2.75) is 19.4 Å². The van der Waals surface area contributed by atoms with Crippen LogP contribution in [-0.2, 0) is 11.3 Å². The standard InChI is InChI=1S/C9H11N5O/c10-5-8-11-7-14(12-8)6-9(15)13-3-1-2-4-13/h7H,1-4,6H2. The number of likely N-dealkylation sites (tertiary alicyclic amines) is 1. The quantitative estimate of drug-likeness (QED) is 0.668. The molecule has 2 heterocycles. The van der Waals surface area contributed by atoms with Crippen molar-refractivity contribution in [3.05, 3.63) is 12.2 Å². The molecule has 78 valence electrons. The molecule has 0 spiro atoms. The van der Waals surface area contributed by atoms with Gasteiger partial charge in [-0.3, -0.25) is 4.79 Å². The molecule has 1 fully saturated rings. The van der Waals surface area contributed by atoms with Gasteiger partial charge in [-0.1, -0.05) is 0 Å². The first-order chi connectivity index (χ1) is 7.29. The zero-order valence-electron chi connectivity index (χ0n) is 8.26. The molecule has 0 aromatic carbocycles. The van der Waals surface area contributed by atoms with Crippen LogP contribution in [0.25, 0.3) is 0 Å². The van der Waals surface area contributed by atoms with E-state index in [1.54, 1.807) is 0 Å². The second kappa shape index (κ2) is 4.09. The predicted molar refractivity (Wildman–Crippen MR) is 50.6 cm³/mol. The minimum absolute atomic E-state index is 0.0434. The van der Waals surface area contributed by atoms with Gasteiger partial charge in [-0.05, 0) is 12.8 Å². The third kappa shape index (κ3) is 2.13. The molecule has 6 heteroatoms. The zero-order valence-corrected chi connectivity index (χ0v) is 8.26. The van der Waals surface area contributed by atoms with Crippen molar-refractivity contribution < 1.29 is 4.79 Å². The normalized spacial score (nSPS) is 15.3. The maximum Gasteiger partial charge on any atom is 0.252 e. The molecule has 1 saturated heterocycles. The van der Waals surface area contributed by atoms with Gasteiger partial charge < -0.3 is 4.90 Å². The van der Waals surface area contributed by atoms with Gasteiger partial charge in [0, 0.05) is 13.1 Å². The van der Waals surface area contributed by atoms with Crippen molar-refractivity contribution in [3.63, 3.8) is 0 Å². The number of nitrogens with zero attached hydrogens (tertiary/aromatic N) is 5. The molecule has 0 bridgehead atoms. The lowest BCUT2D eigenvalue weighted by molar-refractivity contribution is -0.130. The molecule has 0 aliphatic carbocycles. The van der Waals surface area contributed by atoms with E-state index in [0.717, 1.165) is 25.9 Å². The van der Waals surface area contributed by atoms with E-state index in [4.69, 9.17) is 5.26 Å². The van der Waals surface area contributed by atoms with E-state index in [1.807, 2.05) is 11.0 Å². The molecular formula is C9H11N5O. The molecule has 0 atom stereocenters. The topological polar surface area (TPSA) is 74.8 Å². The fourth-order valence-electron chi connectivity index (χ4n) is 1.63. The van der Waals surface area contributed by atoms with Crippen LogP contribution in [0.1, 0.15) is 18.7 Å². The number of hydrogen-bond donors (Lipinski definition) is 0. The molecule has 1 amide bonds. The summed E-state index contributed by atoms with van der Waals surface area (Å²) < 4.78 is 1.40. The van der Waals surface area contributed by atoms with Crippen molar-refractivity contribution in [1.29, 1.82) is 5.26 Å². The van der Waals surface area contributed by atoms with Crippen molar-refractivity contribution in [3.8, 4) is 6.07 Å². The monoisotopic (exact) mass is 205 g/mol. The molecule has 0 unspecified atom stereocenters. The first kappa shape index (κ1) is 9.65. The fraction of sp³-hybridized carbons (Fsp3) is 0.556. The van der Waals surface area contributed by atoms with E-state index in [2.05, 4.69) is 10.1 Å². The Morgan fingerprint density at radius 1 is 1.53 bits per heavy atom. The van der Waals surface area contributed by atoms with Crippen LogP contribution in [0.4, 0.5) is 0 Å². The van der Waals surface area contributed by atoms with Gasteiger partial charge in [0.1, 0.15) is 18.9 Å². The first-order valence-electron chi connectivity index (χ1n) is 4.87. The minimum atomic E-state index is 0.0434. The summed E-state index contributed by atoms with van der Waals surface area (Å²) in [5, 5.41) is 12.3. The van der Waals surface area contributed by atoms with Crippen LogP contribution in [-0.4, -0.2) is 38.7 Å². The summed E-state index contributed by atoms with van der Waals surface area (Å²) in [5.74, 6) is 0.145. The molecule has 6 nitrogen and oxygen atoms in total. The summed E-state index contributed by atoms with van der Waals surface area (Å²) in [5.41, 5.74) is 0. The number of amides is 1. The van der Waals surface area contributed by atoms with Crippen LogP contribution >= 0.6 is 0 Å². The smallest absolute Gasteiger partial charge is 0.252 e. The molecule has 15 heavy (non-hydrogen) atoms. The number of nitriles is 1. The third-order valence-corrected chi connectivity index (χ3v) is 2.39. The summed E-state index contributed by atoms with van der Waals surface area (Å²) in [7, 11) is 0. The average Bonchev–Trinajstić information content (AvgIpc) is 2.87. The van der Waals surface area contributed by atoms with Crippen LogP contribution in [0.3, 0.4) is 0 Å². The predicted octanol–water partition coefficient (Wildman–Crippen LogP) is -0.228. The Balaban J connectivity index is 1.96. The molecule has 1 aromatic rings. The Bertz CT molecular complexity index is 399. The highest BCUT2D eigenvalue weighted by molar-refractivity contribution is 5.76. The number of carbonyl (C=O) groups excluding carboxylic acids is 1. The fourth-order valence-corrected chi connectivity index (χ4v) is 1.63. The molecule has 1 aliphatic heterocycles. The van der Waals surface area contributed by atoms with Crippen molar-refractivity contribution in [2.75, 3.05) is 13.1 Å². The highest BCUT2D eigenvalue weighted by Gasteiger charge is 2.18.